The molecule has 0 radical (unpaired) electrons. The Kier molecular flexibility index (Phi) is 4.62. The molecule has 0 aliphatic rings. The molecular weight excluding hydrogens is 138 g/mol. The molecule has 2 heteroatoms. The van der Waals surface area contributed by atoms with E-state index in [1.807, 2.05) is 13.0 Å². The highest BCUT2D eigenvalue weighted by molar-refractivity contribution is 5.12. The fourth-order valence-electron chi connectivity index (χ4n) is 0.722. The van der Waals surface area contributed by atoms with Gasteiger partial charge in [0.05, 0.1) is 6.10 Å². The van der Waals surface area contributed by atoms with Crippen LogP contribution in [-0.4, -0.2) is 13.2 Å². The van der Waals surface area contributed by atoms with Crippen molar-refractivity contribution in [3.8, 4) is 0 Å². The van der Waals surface area contributed by atoms with Crippen molar-refractivity contribution < 1.29 is 4.74 Å². The summed E-state index contributed by atoms with van der Waals surface area (Å²) < 4.78 is 5.12. The van der Waals surface area contributed by atoms with Crippen molar-refractivity contribution in [3.63, 3.8) is 0 Å². The average Bonchev–Trinajstić information content (AvgIpc) is 2.02. The Bertz CT molecular complexity index is 152. The largest absolute Gasteiger partial charge is 0.399 e. The van der Waals surface area contributed by atoms with Gasteiger partial charge in [-0.1, -0.05) is 19.6 Å². The molecule has 0 saturated carbocycles. The summed E-state index contributed by atoms with van der Waals surface area (Å²) in [5.41, 5.74) is 6.26. The third-order valence-electron chi connectivity index (χ3n) is 1.80. The zero-order valence-electron chi connectivity index (χ0n) is 7.50. The van der Waals surface area contributed by atoms with Crippen LogP contribution in [0.3, 0.4) is 0 Å². The van der Waals surface area contributed by atoms with Gasteiger partial charge in [-0.25, -0.2) is 0 Å². The van der Waals surface area contributed by atoms with Crippen molar-refractivity contribution in [3.05, 3.63) is 24.4 Å². The molecule has 0 amide bonds. The summed E-state index contributed by atoms with van der Waals surface area (Å²) in [5.74, 6) is 0.331. The van der Waals surface area contributed by atoms with Gasteiger partial charge in [-0.3, -0.25) is 0 Å². The van der Waals surface area contributed by atoms with Crippen LogP contribution in [0.1, 0.15) is 13.8 Å². The van der Waals surface area contributed by atoms with Gasteiger partial charge in [-0.15, -0.1) is 0 Å². The quantitative estimate of drug-likeness (QED) is 0.627. The number of nitrogens with two attached hydrogens (primary N) is 1. The van der Waals surface area contributed by atoms with Gasteiger partial charge in [-0.05, 0) is 13.0 Å². The minimum atomic E-state index is 0.202. The summed E-state index contributed by atoms with van der Waals surface area (Å²) >= 11 is 0. The molecule has 0 spiro atoms. The van der Waals surface area contributed by atoms with Gasteiger partial charge in [0.25, 0.3) is 0 Å². The summed E-state index contributed by atoms with van der Waals surface area (Å²) in [7, 11) is 1.69. The molecule has 2 nitrogen and oxygen atoms in total. The zero-order valence-corrected chi connectivity index (χ0v) is 7.50. The van der Waals surface area contributed by atoms with Crippen LogP contribution in [0.2, 0.25) is 0 Å². The molecule has 0 aliphatic carbocycles. The van der Waals surface area contributed by atoms with Gasteiger partial charge in [0.2, 0.25) is 0 Å². The van der Waals surface area contributed by atoms with Crippen molar-refractivity contribution >= 4 is 0 Å². The van der Waals surface area contributed by atoms with Crippen LogP contribution in [-0.2, 0) is 4.74 Å². The van der Waals surface area contributed by atoms with E-state index in [4.69, 9.17) is 10.5 Å². The van der Waals surface area contributed by atoms with E-state index < -0.39 is 0 Å². The molecule has 0 saturated heterocycles. The monoisotopic (exact) mass is 155 g/mol. The molecule has 0 rings (SSSR count). The SMILES string of the molecule is C=C/C(N)=C\[C@H](C)[C@@H](C)OC. The molecular formula is C9H17NO. The van der Waals surface area contributed by atoms with Gasteiger partial charge in [0.1, 0.15) is 0 Å². The van der Waals surface area contributed by atoms with Crippen molar-refractivity contribution in [1.82, 2.24) is 0 Å². The third-order valence-corrected chi connectivity index (χ3v) is 1.80. The maximum Gasteiger partial charge on any atom is 0.0603 e. The Morgan fingerprint density at radius 1 is 1.55 bits per heavy atom. The van der Waals surface area contributed by atoms with Crippen LogP contribution >= 0.6 is 0 Å². The van der Waals surface area contributed by atoms with E-state index in [-0.39, 0.29) is 6.10 Å². The zero-order chi connectivity index (χ0) is 8.85. The van der Waals surface area contributed by atoms with Crippen molar-refractivity contribution in [1.29, 1.82) is 0 Å². The standard InChI is InChI=1S/C9H17NO/c1-5-9(10)6-7(2)8(3)11-4/h5-8H,1,10H2,2-4H3/b9-6+/t7-,8+/m0/s1. The normalized spacial score (nSPS) is 17.5. The predicted molar refractivity (Wildman–Crippen MR) is 48.1 cm³/mol. The van der Waals surface area contributed by atoms with Gasteiger partial charge < -0.3 is 10.5 Å². The summed E-state index contributed by atoms with van der Waals surface area (Å²) in [6.45, 7) is 7.64. The predicted octanol–water partition coefficient (Wildman–Crippen LogP) is 1.69. The summed E-state index contributed by atoms with van der Waals surface area (Å²) in [6, 6.07) is 0. The Balaban J connectivity index is 4.03. The topological polar surface area (TPSA) is 35.2 Å². The third kappa shape index (κ3) is 3.83. The molecule has 0 unspecified atom stereocenters. The van der Waals surface area contributed by atoms with E-state index in [2.05, 4.69) is 13.5 Å². The van der Waals surface area contributed by atoms with Crippen molar-refractivity contribution in [2.75, 3.05) is 7.11 Å². The minimum absolute atomic E-state index is 0.202. The second kappa shape index (κ2) is 4.97. The van der Waals surface area contributed by atoms with Crippen LogP contribution in [0, 0.1) is 5.92 Å². The van der Waals surface area contributed by atoms with Crippen molar-refractivity contribution in [2.24, 2.45) is 11.7 Å². The second-order valence-electron chi connectivity index (χ2n) is 2.67. The van der Waals surface area contributed by atoms with E-state index in [1.54, 1.807) is 13.2 Å². The Morgan fingerprint density at radius 2 is 2.09 bits per heavy atom. The molecule has 2 N–H and O–H groups in total. The number of hydrogen-bond acceptors (Lipinski definition) is 2. The molecule has 2 atom stereocenters. The molecule has 0 aliphatic heterocycles. The summed E-state index contributed by atoms with van der Waals surface area (Å²) in [5, 5.41) is 0. The first-order valence-electron chi connectivity index (χ1n) is 3.74. The number of hydrogen-bond donors (Lipinski definition) is 1. The van der Waals surface area contributed by atoms with E-state index in [0.717, 1.165) is 0 Å². The van der Waals surface area contributed by atoms with E-state index >= 15 is 0 Å². The maximum absolute atomic E-state index is 5.55. The second-order valence-corrected chi connectivity index (χ2v) is 2.67. The van der Waals surface area contributed by atoms with Crippen LogP contribution in [0.5, 0.6) is 0 Å². The lowest BCUT2D eigenvalue weighted by molar-refractivity contribution is 0.0897. The number of methoxy groups -OCH3 is 1. The molecule has 0 heterocycles. The summed E-state index contributed by atoms with van der Waals surface area (Å²) in [6.07, 6.45) is 3.79. The van der Waals surface area contributed by atoms with Crippen LogP contribution < -0.4 is 5.73 Å². The molecule has 0 fully saturated rings. The molecule has 0 aromatic heterocycles. The smallest absolute Gasteiger partial charge is 0.0603 e. The molecule has 11 heavy (non-hydrogen) atoms. The fraction of sp³-hybridized carbons (Fsp3) is 0.556. The fourth-order valence-corrected chi connectivity index (χ4v) is 0.722. The Hall–Kier alpha value is -0.760. The maximum atomic E-state index is 5.55. The first-order valence-corrected chi connectivity index (χ1v) is 3.74. The highest BCUT2D eigenvalue weighted by Gasteiger charge is 2.07. The first-order chi connectivity index (χ1) is 5.11. The molecule has 0 bridgehead atoms. The Labute approximate surface area is 68.7 Å². The van der Waals surface area contributed by atoms with Gasteiger partial charge in [0.15, 0.2) is 0 Å². The minimum Gasteiger partial charge on any atom is -0.399 e. The number of ether oxygens (including phenoxy) is 1. The lowest BCUT2D eigenvalue weighted by atomic mass is 10.1. The number of rotatable bonds is 4. The number of allylic oxidation sites excluding steroid dienone is 1. The summed E-state index contributed by atoms with van der Waals surface area (Å²) in [4.78, 5) is 0. The molecule has 0 aromatic carbocycles. The average molecular weight is 155 g/mol. The lowest BCUT2D eigenvalue weighted by Gasteiger charge is -2.14. The van der Waals surface area contributed by atoms with Gasteiger partial charge in [-0.2, -0.15) is 0 Å². The first kappa shape index (κ1) is 10.2. The van der Waals surface area contributed by atoms with E-state index in [0.29, 0.717) is 11.6 Å². The molecule has 0 aromatic rings. The highest BCUT2D eigenvalue weighted by Crippen LogP contribution is 2.08. The molecule has 64 valence electrons. The Morgan fingerprint density at radius 3 is 2.45 bits per heavy atom. The van der Waals surface area contributed by atoms with Crippen molar-refractivity contribution in [2.45, 2.75) is 20.0 Å². The van der Waals surface area contributed by atoms with Gasteiger partial charge >= 0.3 is 0 Å². The van der Waals surface area contributed by atoms with E-state index in [1.165, 1.54) is 0 Å². The van der Waals surface area contributed by atoms with Crippen LogP contribution in [0.25, 0.3) is 0 Å². The van der Waals surface area contributed by atoms with Gasteiger partial charge in [0, 0.05) is 18.7 Å². The lowest BCUT2D eigenvalue weighted by Crippen LogP contribution is -2.15. The van der Waals surface area contributed by atoms with Crippen LogP contribution in [0.4, 0.5) is 0 Å². The highest BCUT2D eigenvalue weighted by atomic mass is 16.5. The van der Waals surface area contributed by atoms with E-state index in [9.17, 15) is 0 Å². The van der Waals surface area contributed by atoms with Crippen LogP contribution in [0.15, 0.2) is 24.4 Å².